The third-order valence-corrected chi connectivity index (χ3v) is 6.97. The molecule has 5 nitrogen and oxygen atoms in total. The Morgan fingerprint density at radius 1 is 1.19 bits per heavy atom. The van der Waals surface area contributed by atoms with Crippen LogP contribution in [0, 0.1) is 28.6 Å². The molecule has 2 heterocycles. The average molecular weight is 374 g/mol. The summed E-state index contributed by atoms with van der Waals surface area (Å²) in [6, 6.07) is 0. The minimum absolute atomic E-state index is 0.0377. The van der Waals surface area contributed by atoms with Gasteiger partial charge in [-0.15, -0.1) is 0 Å². The minimum atomic E-state index is -0.758. The molecule has 2 saturated heterocycles. The number of hydrogen-bond acceptors (Lipinski definition) is 5. The molecule has 0 radical (unpaired) electrons. The molecule has 4 aliphatic rings. The molecule has 0 aromatic heterocycles. The molecule has 5 heteroatoms. The van der Waals surface area contributed by atoms with Crippen molar-refractivity contribution in [2.45, 2.75) is 72.9 Å². The van der Waals surface area contributed by atoms with Crippen molar-refractivity contribution in [1.29, 1.82) is 0 Å². The van der Waals surface area contributed by atoms with Crippen molar-refractivity contribution >= 4 is 11.9 Å². The summed E-state index contributed by atoms with van der Waals surface area (Å²) in [5.41, 5.74) is 2.61. The topological polar surface area (TPSA) is 61.8 Å². The number of allylic oxidation sites excluding steroid dienone is 3. The van der Waals surface area contributed by atoms with E-state index in [2.05, 4.69) is 26.8 Å². The zero-order valence-corrected chi connectivity index (χ0v) is 16.9. The van der Waals surface area contributed by atoms with Gasteiger partial charge >= 0.3 is 11.9 Å². The van der Waals surface area contributed by atoms with Crippen LogP contribution in [0.25, 0.3) is 0 Å². The number of esters is 2. The molecule has 0 aromatic rings. The summed E-state index contributed by atoms with van der Waals surface area (Å²) in [6.07, 6.45) is 7.48. The molecule has 0 aromatic carbocycles. The van der Waals surface area contributed by atoms with Gasteiger partial charge in [0.2, 0.25) is 12.6 Å². The summed E-state index contributed by atoms with van der Waals surface area (Å²) in [6.45, 7) is 10.3. The maximum Gasteiger partial charge on any atom is 0.311 e. The third-order valence-electron chi connectivity index (χ3n) is 6.97. The molecular formula is C22H30O5. The van der Waals surface area contributed by atoms with Gasteiger partial charge in [0.25, 0.3) is 0 Å². The fraction of sp³-hybridized carbons (Fsp3) is 0.727. The Hall–Kier alpha value is -1.62. The molecule has 2 aliphatic carbocycles. The van der Waals surface area contributed by atoms with E-state index in [9.17, 15) is 9.59 Å². The van der Waals surface area contributed by atoms with E-state index < -0.39 is 18.5 Å². The normalized spacial score (nSPS) is 42.6. The van der Waals surface area contributed by atoms with Gasteiger partial charge in [-0.2, -0.15) is 0 Å². The van der Waals surface area contributed by atoms with Crippen LogP contribution in [-0.2, 0) is 23.8 Å². The molecule has 2 aliphatic heterocycles. The highest BCUT2D eigenvalue weighted by Gasteiger charge is 2.58. The van der Waals surface area contributed by atoms with Gasteiger partial charge in [-0.3, -0.25) is 14.3 Å². The maximum absolute atomic E-state index is 12.6. The second-order valence-corrected chi connectivity index (χ2v) is 9.77. The van der Waals surface area contributed by atoms with Crippen molar-refractivity contribution < 1.29 is 23.8 Å². The van der Waals surface area contributed by atoms with Crippen LogP contribution in [0.15, 0.2) is 23.3 Å². The van der Waals surface area contributed by atoms with Gasteiger partial charge in [0.1, 0.15) is 0 Å². The number of hydrogen-bond donors (Lipinski definition) is 0. The highest BCUT2D eigenvalue weighted by Crippen LogP contribution is 2.58. The molecule has 6 atom stereocenters. The lowest BCUT2D eigenvalue weighted by Gasteiger charge is -2.50. The summed E-state index contributed by atoms with van der Waals surface area (Å²) in [7, 11) is 0. The van der Waals surface area contributed by atoms with Crippen LogP contribution in [0.2, 0.25) is 0 Å². The molecule has 27 heavy (non-hydrogen) atoms. The molecule has 0 N–H and O–H groups in total. The fourth-order valence-corrected chi connectivity index (χ4v) is 5.99. The SMILES string of the molecule is CC(=O)O[C@@H]1O[C@H]2OC(=O)[C@H](C)C3C([C@@]4(C)CCCC(C)(C)C4)=CC=C1C32. The second-order valence-electron chi connectivity index (χ2n) is 9.77. The van der Waals surface area contributed by atoms with Crippen molar-refractivity contribution in [1.82, 2.24) is 0 Å². The van der Waals surface area contributed by atoms with Crippen LogP contribution in [-0.4, -0.2) is 24.5 Å². The van der Waals surface area contributed by atoms with Crippen LogP contribution in [0.1, 0.15) is 60.3 Å². The van der Waals surface area contributed by atoms with E-state index in [0.29, 0.717) is 5.41 Å². The summed E-state index contributed by atoms with van der Waals surface area (Å²) < 4.78 is 16.7. The second kappa shape index (κ2) is 6.20. The van der Waals surface area contributed by atoms with Gasteiger partial charge in [0.05, 0.1) is 11.8 Å². The summed E-state index contributed by atoms with van der Waals surface area (Å²) in [5.74, 6) is -0.885. The van der Waals surface area contributed by atoms with Crippen LogP contribution >= 0.6 is 0 Å². The molecule has 2 unspecified atom stereocenters. The smallest absolute Gasteiger partial charge is 0.311 e. The first-order valence-electron chi connectivity index (χ1n) is 10.1. The Bertz CT molecular complexity index is 733. The molecule has 1 saturated carbocycles. The zero-order valence-electron chi connectivity index (χ0n) is 16.9. The first kappa shape index (κ1) is 18.7. The predicted molar refractivity (Wildman–Crippen MR) is 99.2 cm³/mol. The molecule has 0 bridgehead atoms. The Morgan fingerprint density at radius 3 is 2.59 bits per heavy atom. The number of ether oxygens (including phenoxy) is 3. The van der Waals surface area contributed by atoms with Crippen molar-refractivity contribution in [3.63, 3.8) is 0 Å². The Morgan fingerprint density at radius 2 is 1.93 bits per heavy atom. The summed E-state index contributed by atoms with van der Waals surface area (Å²) in [5, 5.41) is 0. The number of rotatable bonds is 2. The van der Waals surface area contributed by atoms with Crippen LogP contribution in [0.3, 0.4) is 0 Å². The number of carbonyl (C=O) groups excluding carboxylic acids is 2. The van der Waals surface area contributed by atoms with Crippen LogP contribution in [0.5, 0.6) is 0 Å². The van der Waals surface area contributed by atoms with Crippen molar-refractivity contribution in [3.8, 4) is 0 Å². The van der Waals surface area contributed by atoms with E-state index >= 15 is 0 Å². The highest BCUT2D eigenvalue weighted by molar-refractivity contribution is 5.75. The molecule has 148 valence electrons. The van der Waals surface area contributed by atoms with Gasteiger partial charge in [-0.05, 0) is 30.1 Å². The third kappa shape index (κ3) is 3.04. The zero-order chi connectivity index (χ0) is 19.6. The fourth-order valence-electron chi connectivity index (χ4n) is 5.99. The summed E-state index contributed by atoms with van der Waals surface area (Å²) in [4.78, 5) is 24.0. The van der Waals surface area contributed by atoms with Crippen molar-refractivity contribution in [3.05, 3.63) is 23.3 Å². The van der Waals surface area contributed by atoms with Gasteiger partial charge in [0, 0.05) is 18.4 Å². The first-order chi connectivity index (χ1) is 12.6. The van der Waals surface area contributed by atoms with E-state index in [0.717, 1.165) is 18.4 Å². The van der Waals surface area contributed by atoms with E-state index in [1.165, 1.54) is 25.3 Å². The van der Waals surface area contributed by atoms with E-state index in [1.807, 2.05) is 13.0 Å². The van der Waals surface area contributed by atoms with Gasteiger partial charge < -0.3 is 9.47 Å². The molecule has 3 fully saturated rings. The average Bonchev–Trinajstić information content (AvgIpc) is 2.88. The number of carbonyl (C=O) groups is 2. The van der Waals surface area contributed by atoms with Gasteiger partial charge in [-0.1, -0.05) is 51.8 Å². The molecular weight excluding hydrogens is 344 g/mol. The van der Waals surface area contributed by atoms with Crippen LogP contribution in [0.4, 0.5) is 0 Å². The first-order valence-corrected chi connectivity index (χ1v) is 10.1. The van der Waals surface area contributed by atoms with Crippen LogP contribution < -0.4 is 0 Å². The Kier molecular flexibility index (Phi) is 4.30. The lowest BCUT2D eigenvalue weighted by molar-refractivity contribution is -0.226. The monoisotopic (exact) mass is 374 g/mol. The van der Waals surface area contributed by atoms with E-state index in [4.69, 9.17) is 14.2 Å². The maximum atomic E-state index is 12.6. The van der Waals surface area contributed by atoms with Gasteiger partial charge in [0.15, 0.2) is 0 Å². The minimum Gasteiger partial charge on any atom is -0.435 e. The Balaban J connectivity index is 1.75. The van der Waals surface area contributed by atoms with E-state index in [-0.39, 0.29) is 29.1 Å². The molecule has 0 amide bonds. The largest absolute Gasteiger partial charge is 0.435 e. The summed E-state index contributed by atoms with van der Waals surface area (Å²) >= 11 is 0. The molecule has 4 rings (SSSR count). The van der Waals surface area contributed by atoms with Crippen molar-refractivity contribution in [2.24, 2.45) is 28.6 Å². The lowest BCUT2D eigenvalue weighted by Crippen LogP contribution is -2.48. The highest BCUT2D eigenvalue weighted by atomic mass is 16.8. The van der Waals surface area contributed by atoms with Crippen molar-refractivity contribution in [2.75, 3.05) is 0 Å². The van der Waals surface area contributed by atoms with E-state index in [1.54, 1.807) is 0 Å². The lowest BCUT2D eigenvalue weighted by atomic mass is 9.55. The standard InChI is InChI=1S/C22H30O5/c1-12-16-15(22(5)10-6-9-21(3,4)11-22)8-7-14-17(16)20(26-18(12)24)27-19(14)25-13(2)23/h7-8,12,16-17,19-20H,6,9-11H2,1-5H3/t12-,16?,17?,19-,20-,22+/m1/s1. The Labute approximate surface area is 161 Å². The quantitative estimate of drug-likeness (QED) is 0.680. The molecule has 0 spiro atoms. The predicted octanol–water partition coefficient (Wildman–Crippen LogP) is 4.13. The van der Waals surface area contributed by atoms with Gasteiger partial charge in [-0.25, -0.2) is 0 Å².